The van der Waals surface area contributed by atoms with Crippen molar-refractivity contribution in [1.29, 1.82) is 0 Å². The van der Waals surface area contributed by atoms with Gasteiger partial charge in [-0.3, -0.25) is 14.7 Å². The Hall–Kier alpha value is -9.65. The molecule has 0 amide bonds. The van der Waals surface area contributed by atoms with Crippen molar-refractivity contribution >= 4 is 69.8 Å². The van der Waals surface area contributed by atoms with Crippen LogP contribution >= 0.6 is 11.3 Å². The molecule has 0 atom stereocenters. The SMILES string of the molecule is C=CCc1ccc(OCCn2c(CN3CCOCC3)nc3ccccc32)c(OC)c1.COCCN(c1nc2ccccc2s1)S(=O)(=O)c1ccccc1.COc1ccc(OCCn2c(CN3CCCCC3)nc3ccccc32)cc1.Cc1cccc(C)c1OCCn1c(CN2CCCCC2)nc2ccccc21. The van der Waals surface area contributed by atoms with E-state index in [0.29, 0.717) is 31.6 Å². The van der Waals surface area contributed by atoms with Crippen LogP contribution in [0.3, 0.4) is 0 Å². The fraction of sp³-hybridized carbons (Fsp3) is 0.365. The Morgan fingerprint density at radius 3 is 1.49 bits per heavy atom. The fourth-order valence-electron chi connectivity index (χ4n) is 13.8. The first-order valence-electron chi connectivity index (χ1n) is 37.3. The summed E-state index contributed by atoms with van der Waals surface area (Å²) >= 11 is 1.36. The topological polar surface area (TPSA) is 178 Å². The van der Waals surface area contributed by atoms with Crippen molar-refractivity contribution in [2.45, 2.75) is 103 Å². The maximum absolute atomic E-state index is 13.0. The van der Waals surface area contributed by atoms with Crippen LogP contribution in [-0.2, 0) is 65.2 Å². The van der Waals surface area contributed by atoms with Crippen molar-refractivity contribution in [1.82, 2.24) is 48.3 Å². The maximum atomic E-state index is 13.0. The molecule has 3 aliphatic heterocycles. The van der Waals surface area contributed by atoms with Gasteiger partial charge in [-0.2, -0.15) is 0 Å². The van der Waals surface area contributed by atoms with E-state index in [4.69, 9.17) is 48.1 Å². The quantitative estimate of drug-likeness (QED) is 0.0423. The molecule has 8 aromatic carbocycles. The second-order valence-electron chi connectivity index (χ2n) is 26.8. The van der Waals surface area contributed by atoms with Crippen LogP contribution in [0.2, 0.25) is 0 Å². The maximum Gasteiger partial charge on any atom is 0.266 e. The van der Waals surface area contributed by atoms with Crippen LogP contribution in [0.15, 0.2) is 206 Å². The zero-order valence-corrected chi connectivity index (χ0v) is 64.1. The van der Waals surface area contributed by atoms with E-state index in [1.54, 1.807) is 51.7 Å². The average Bonchev–Trinajstić information content (AvgIpc) is 1.58. The highest BCUT2D eigenvalue weighted by Gasteiger charge is 2.28. The second kappa shape index (κ2) is 38.8. The number of rotatable bonds is 28. The highest BCUT2D eigenvalue weighted by atomic mass is 32.2. The molecule has 15 rings (SSSR count). The zero-order chi connectivity index (χ0) is 74.2. The number of aryl methyl sites for hydroxylation is 2. The van der Waals surface area contributed by atoms with Crippen LogP contribution in [0.4, 0.5) is 5.13 Å². The van der Waals surface area contributed by atoms with E-state index in [1.165, 1.54) is 103 Å². The normalized spacial score (nSPS) is 14.3. The Morgan fingerprint density at radius 2 is 0.972 bits per heavy atom. The minimum atomic E-state index is -3.67. The molecule has 0 radical (unpaired) electrons. The van der Waals surface area contributed by atoms with Gasteiger partial charge in [0.05, 0.1) is 128 Å². The van der Waals surface area contributed by atoms with Gasteiger partial charge >= 0.3 is 0 Å². The molecular weight excluding hydrogens is 1380 g/mol. The van der Waals surface area contributed by atoms with Gasteiger partial charge in [-0.25, -0.2) is 32.7 Å². The number of methoxy groups -OCH3 is 3. The molecule has 22 heteroatoms. The average molecular weight is 1480 g/mol. The van der Waals surface area contributed by atoms with E-state index in [1.807, 2.05) is 72.8 Å². The first-order chi connectivity index (χ1) is 52.5. The molecule has 20 nitrogen and oxygen atoms in total. The van der Waals surface area contributed by atoms with Crippen LogP contribution in [0.5, 0.6) is 28.7 Å². The monoisotopic (exact) mass is 1480 g/mol. The van der Waals surface area contributed by atoms with Gasteiger partial charge in [0, 0.05) is 20.2 Å². The number of fused-ring (bicyclic) bond motifs is 4. The summed E-state index contributed by atoms with van der Waals surface area (Å²) < 4.78 is 74.6. The van der Waals surface area contributed by atoms with Crippen LogP contribution in [0, 0.1) is 13.8 Å². The predicted molar refractivity (Wildman–Crippen MR) is 428 cm³/mol. The number of thiazole rings is 1. The van der Waals surface area contributed by atoms with Crippen molar-refractivity contribution in [2.75, 3.05) is 111 Å². The van der Waals surface area contributed by atoms with Gasteiger partial charge in [0.15, 0.2) is 11.5 Å². The minimum absolute atomic E-state index is 0.216. The van der Waals surface area contributed by atoms with Crippen molar-refractivity contribution < 1.29 is 41.6 Å². The molecule has 0 saturated carbocycles. The largest absolute Gasteiger partial charge is 0.497 e. The number of benzene rings is 8. The van der Waals surface area contributed by atoms with E-state index in [2.05, 4.69) is 145 Å². The third-order valence-corrected chi connectivity index (χ3v) is 22.4. The first kappa shape index (κ1) is 77.0. The van der Waals surface area contributed by atoms with Gasteiger partial charge in [-0.05, 0) is 186 Å². The number of imidazole rings is 3. The number of anilines is 1. The fourth-order valence-corrected chi connectivity index (χ4v) is 16.4. The Bertz CT molecular complexity index is 4840. The second-order valence-corrected chi connectivity index (χ2v) is 29.7. The number of hydrogen-bond acceptors (Lipinski definition) is 17. The number of piperidine rings is 2. The van der Waals surface area contributed by atoms with Crippen molar-refractivity contribution in [3.8, 4) is 28.7 Å². The molecule has 0 aliphatic carbocycles. The molecule has 4 aromatic heterocycles. The van der Waals surface area contributed by atoms with Crippen molar-refractivity contribution in [2.24, 2.45) is 0 Å². The molecule has 3 saturated heterocycles. The molecule has 0 N–H and O–H groups in total. The van der Waals surface area contributed by atoms with E-state index >= 15 is 0 Å². The predicted octanol–water partition coefficient (Wildman–Crippen LogP) is 15.7. The van der Waals surface area contributed by atoms with Crippen LogP contribution in [0.25, 0.3) is 43.3 Å². The van der Waals surface area contributed by atoms with Gasteiger partial charge in [-0.15, -0.1) is 6.58 Å². The summed E-state index contributed by atoms with van der Waals surface area (Å²) in [4.78, 5) is 26.9. The van der Waals surface area contributed by atoms with E-state index < -0.39 is 10.0 Å². The Kier molecular flexibility index (Phi) is 27.9. The number of sulfonamides is 1. The number of likely N-dealkylation sites (tertiary alicyclic amines) is 2. The lowest BCUT2D eigenvalue weighted by molar-refractivity contribution is 0.0326. The van der Waals surface area contributed by atoms with Crippen molar-refractivity contribution in [3.63, 3.8) is 0 Å². The van der Waals surface area contributed by atoms with Gasteiger partial charge in [0.25, 0.3) is 10.0 Å². The molecule has 3 aliphatic rings. The Labute approximate surface area is 633 Å². The summed E-state index contributed by atoms with van der Waals surface area (Å²) in [6.45, 7) is 23.5. The van der Waals surface area contributed by atoms with Gasteiger partial charge in [-0.1, -0.05) is 121 Å². The molecule has 107 heavy (non-hydrogen) atoms. The number of aromatic nitrogens is 7. The minimum Gasteiger partial charge on any atom is -0.497 e. The zero-order valence-electron chi connectivity index (χ0n) is 62.5. The van der Waals surface area contributed by atoms with Crippen LogP contribution in [-0.4, -0.2) is 164 Å². The van der Waals surface area contributed by atoms with Gasteiger partial charge in [0.2, 0.25) is 5.13 Å². The molecule has 0 unspecified atom stereocenters. The lowest BCUT2D eigenvalue weighted by Crippen LogP contribution is -2.36. The third-order valence-electron chi connectivity index (χ3n) is 19.4. The van der Waals surface area contributed by atoms with Crippen LogP contribution < -0.4 is 28.0 Å². The van der Waals surface area contributed by atoms with Crippen molar-refractivity contribution in [3.05, 3.63) is 235 Å². The number of ether oxygens (including phenoxy) is 7. The molecule has 0 bridgehead atoms. The standard InChI is InChI=1S/C24H29N3O3.C23H29N3O.C22H27N3O2.C16H16N2O3S2/c1-3-6-19-9-10-22(23(17-19)28-2)30-16-13-27-21-8-5-4-7-20(21)25-24(27)18-26-11-14-29-15-12-26;1-18-9-8-10-19(2)23(18)27-16-15-26-21-12-5-4-11-20(21)24-22(26)17-25-13-6-3-7-14-25;1-26-18-9-11-19(12-10-18)27-16-15-25-21-8-4-3-7-20(21)23-22(25)17-24-13-5-2-6-14-24;1-21-12-11-18(23(19,20)13-7-3-2-4-8-13)16-17-14-9-5-6-10-15(14)22-16/h3-5,7-10,17H,1,6,11-16,18H2,2H3;4-5,8-12H,3,6-7,13-17H2,1-2H3;3-4,7-12H,2,5-6,13-17H2,1H3;2-10H,11-12H2,1H3. The number of para-hydroxylation sites is 8. The highest BCUT2D eigenvalue weighted by molar-refractivity contribution is 7.93. The number of allylic oxidation sites excluding steroid dienone is 1. The molecule has 7 heterocycles. The number of nitrogens with zero attached hydrogens (tertiary/aromatic N) is 11. The summed E-state index contributed by atoms with van der Waals surface area (Å²) in [7, 11) is 1.22. The summed E-state index contributed by atoms with van der Waals surface area (Å²) in [5.74, 6) is 7.57. The van der Waals surface area contributed by atoms with Crippen LogP contribution in [0.1, 0.15) is 72.7 Å². The van der Waals surface area contributed by atoms with E-state index in [0.717, 1.165) is 156 Å². The van der Waals surface area contributed by atoms with Gasteiger partial charge < -0.3 is 46.9 Å². The smallest absolute Gasteiger partial charge is 0.266 e. The molecule has 12 aromatic rings. The van der Waals surface area contributed by atoms with Gasteiger partial charge in [0.1, 0.15) is 54.5 Å². The summed E-state index contributed by atoms with van der Waals surface area (Å²) in [5.41, 5.74) is 11.0. The number of hydrogen-bond donors (Lipinski definition) is 0. The Balaban J connectivity index is 0.000000134. The number of morpholine rings is 1. The lowest BCUT2D eigenvalue weighted by atomic mass is 10.1. The highest BCUT2D eigenvalue weighted by Crippen LogP contribution is 2.34. The summed E-state index contributed by atoms with van der Waals surface area (Å²) in [5, 5.41) is 0.451. The molecule has 562 valence electrons. The summed E-state index contributed by atoms with van der Waals surface area (Å²) in [6, 6.07) is 61.1. The third kappa shape index (κ3) is 20.5. The Morgan fingerprint density at radius 1 is 0.486 bits per heavy atom. The molecule has 0 spiro atoms. The first-order valence-corrected chi connectivity index (χ1v) is 39.6. The summed E-state index contributed by atoms with van der Waals surface area (Å²) in [6.07, 6.45) is 10.6. The van der Waals surface area contributed by atoms with E-state index in [-0.39, 0.29) is 11.4 Å². The lowest BCUT2D eigenvalue weighted by Gasteiger charge is -2.26. The molecule has 3 fully saturated rings. The van der Waals surface area contributed by atoms with E-state index in [9.17, 15) is 8.42 Å². The molecular formula is C85H101N11O9S2.